The molecule has 0 atom stereocenters. The lowest BCUT2D eigenvalue weighted by molar-refractivity contribution is 0.0647. The monoisotopic (exact) mass is 194 g/mol. The van der Waals surface area contributed by atoms with Crippen molar-refractivity contribution >= 4 is 5.91 Å². The van der Waals surface area contributed by atoms with Crippen molar-refractivity contribution in [3.63, 3.8) is 0 Å². The molecule has 14 heavy (non-hydrogen) atoms. The van der Waals surface area contributed by atoms with Crippen LogP contribution in [0.3, 0.4) is 0 Å². The van der Waals surface area contributed by atoms with Gasteiger partial charge in [-0.25, -0.2) is 0 Å². The molecule has 1 amide bonds. The Morgan fingerprint density at radius 1 is 1.57 bits per heavy atom. The Hall–Kier alpha value is -1.29. The zero-order valence-corrected chi connectivity index (χ0v) is 8.41. The van der Waals surface area contributed by atoms with Crippen LogP contribution >= 0.6 is 0 Å². The fraction of sp³-hybridized carbons (Fsp3) is 0.500. The van der Waals surface area contributed by atoms with Crippen LogP contribution in [-0.2, 0) is 0 Å². The van der Waals surface area contributed by atoms with E-state index in [0.29, 0.717) is 11.8 Å². The summed E-state index contributed by atoms with van der Waals surface area (Å²) in [7, 11) is 1.81. The minimum Gasteiger partial charge on any atom is -0.456 e. The molecule has 0 spiro atoms. The van der Waals surface area contributed by atoms with Crippen LogP contribution in [0.25, 0.3) is 0 Å². The molecular formula is C10H14N2O2. The summed E-state index contributed by atoms with van der Waals surface area (Å²) in [4.78, 5) is 13.5. The van der Waals surface area contributed by atoms with Crippen LogP contribution < -0.4 is 5.32 Å². The van der Waals surface area contributed by atoms with Crippen LogP contribution in [0, 0.1) is 6.92 Å². The zero-order valence-electron chi connectivity index (χ0n) is 8.41. The average Bonchev–Trinajstić information content (AvgIpc) is 2.47. The van der Waals surface area contributed by atoms with Crippen molar-refractivity contribution in [1.29, 1.82) is 0 Å². The van der Waals surface area contributed by atoms with Gasteiger partial charge < -0.3 is 14.6 Å². The number of nitrogens with zero attached hydrogens (tertiary/aromatic N) is 1. The summed E-state index contributed by atoms with van der Waals surface area (Å²) in [6, 6.07) is 3.84. The first-order valence-corrected chi connectivity index (χ1v) is 4.73. The van der Waals surface area contributed by atoms with Crippen LogP contribution in [-0.4, -0.2) is 37.0 Å². The molecular weight excluding hydrogens is 180 g/mol. The van der Waals surface area contributed by atoms with Crippen LogP contribution in [0.2, 0.25) is 0 Å². The summed E-state index contributed by atoms with van der Waals surface area (Å²) in [5.41, 5.74) is 0. The van der Waals surface area contributed by atoms with Crippen molar-refractivity contribution in [1.82, 2.24) is 10.2 Å². The zero-order chi connectivity index (χ0) is 10.1. The highest BCUT2D eigenvalue weighted by Gasteiger charge is 2.27. The summed E-state index contributed by atoms with van der Waals surface area (Å²) in [5.74, 6) is 1.16. The van der Waals surface area contributed by atoms with Crippen molar-refractivity contribution in [3.8, 4) is 0 Å². The molecule has 1 fully saturated rings. The number of aryl methyl sites for hydroxylation is 1. The van der Waals surface area contributed by atoms with Gasteiger partial charge >= 0.3 is 0 Å². The van der Waals surface area contributed by atoms with E-state index in [-0.39, 0.29) is 5.91 Å². The molecule has 76 valence electrons. The number of rotatable bonds is 2. The molecule has 1 N–H and O–H groups in total. The van der Waals surface area contributed by atoms with Crippen LogP contribution in [0.4, 0.5) is 0 Å². The van der Waals surface area contributed by atoms with Crippen molar-refractivity contribution in [2.24, 2.45) is 0 Å². The van der Waals surface area contributed by atoms with Gasteiger partial charge in [-0.05, 0) is 19.1 Å². The lowest BCUT2D eigenvalue weighted by Crippen LogP contribution is -2.57. The van der Waals surface area contributed by atoms with Crippen molar-refractivity contribution < 1.29 is 9.21 Å². The smallest absolute Gasteiger partial charge is 0.289 e. The lowest BCUT2D eigenvalue weighted by atomic mass is 10.1. The molecule has 1 saturated heterocycles. The van der Waals surface area contributed by atoms with Gasteiger partial charge in [0.2, 0.25) is 0 Å². The number of likely N-dealkylation sites (N-methyl/N-ethyl adjacent to an activating group) is 1. The standard InChI is InChI=1S/C10H14N2O2/c1-7-3-4-9(14-7)10(13)12(2)8-5-11-6-8/h3-4,8,11H,5-6H2,1-2H3. The van der Waals surface area contributed by atoms with E-state index in [1.165, 1.54) is 0 Å². The molecule has 2 heterocycles. The minimum absolute atomic E-state index is 0.0374. The molecule has 1 aromatic heterocycles. The van der Waals surface area contributed by atoms with Gasteiger partial charge in [-0.1, -0.05) is 0 Å². The average molecular weight is 194 g/mol. The number of hydrogen-bond donors (Lipinski definition) is 1. The van der Waals surface area contributed by atoms with E-state index in [1.54, 1.807) is 17.0 Å². The lowest BCUT2D eigenvalue weighted by Gasteiger charge is -2.35. The summed E-state index contributed by atoms with van der Waals surface area (Å²) in [6.07, 6.45) is 0. The van der Waals surface area contributed by atoms with Gasteiger partial charge in [0, 0.05) is 20.1 Å². The second kappa shape index (κ2) is 3.46. The van der Waals surface area contributed by atoms with E-state index in [4.69, 9.17) is 4.42 Å². The molecule has 4 heteroatoms. The van der Waals surface area contributed by atoms with E-state index in [2.05, 4.69) is 5.32 Å². The van der Waals surface area contributed by atoms with E-state index in [1.807, 2.05) is 14.0 Å². The number of hydrogen-bond acceptors (Lipinski definition) is 3. The second-order valence-corrected chi connectivity index (χ2v) is 3.64. The molecule has 0 radical (unpaired) electrons. The van der Waals surface area contributed by atoms with Gasteiger partial charge in [0.1, 0.15) is 5.76 Å². The predicted octanol–water partition coefficient (Wildman–Crippen LogP) is 0.632. The molecule has 2 rings (SSSR count). The maximum absolute atomic E-state index is 11.8. The third-order valence-corrected chi connectivity index (χ3v) is 2.58. The quantitative estimate of drug-likeness (QED) is 0.751. The maximum Gasteiger partial charge on any atom is 0.289 e. The topological polar surface area (TPSA) is 45.5 Å². The summed E-state index contributed by atoms with van der Waals surface area (Å²) < 4.78 is 5.27. The first-order chi connectivity index (χ1) is 6.68. The summed E-state index contributed by atoms with van der Waals surface area (Å²) in [5, 5.41) is 3.13. The van der Waals surface area contributed by atoms with Crippen LogP contribution in [0.15, 0.2) is 16.5 Å². The Kier molecular flexibility index (Phi) is 2.29. The number of carbonyl (C=O) groups excluding carboxylic acids is 1. The van der Waals surface area contributed by atoms with E-state index >= 15 is 0 Å². The molecule has 1 aromatic rings. The molecule has 1 aliphatic heterocycles. The highest BCUT2D eigenvalue weighted by Crippen LogP contribution is 2.12. The molecule has 1 aliphatic rings. The molecule has 0 unspecified atom stereocenters. The SMILES string of the molecule is Cc1ccc(C(=O)N(C)C2CNC2)o1. The van der Waals surface area contributed by atoms with Crippen molar-refractivity contribution in [3.05, 3.63) is 23.7 Å². The van der Waals surface area contributed by atoms with Gasteiger partial charge in [-0.3, -0.25) is 4.79 Å². The van der Waals surface area contributed by atoms with Crippen molar-refractivity contribution in [2.45, 2.75) is 13.0 Å². The normalized spacial score (nSPS) is 16.4. The third-order valence-electron chi connectivity index (χ3n) is 2.58. The molecule has 4 nitrogen and oxygen atoms in total. The minimum atomic E-state index is -0.0374. The summed E-state index contributed by atoms with van der Waals surface area (Å²) >= 11 is 0. The van der Waals surface area contributed by atoms with E-state index < -0.39 is 0 Å². The Labute approximate surface area is 82.9 Å². The fourth-order valence-electron chi connectivity index (χ4n) is 1.44. The molecule has 0 aliphatic carbocycles. The van der Waals surface area contributed by atoms with Gasteiger partial charge in [-0.2, -0.15) is 0 Å². The molecule has 0 saturated carbocycles. The van der Waals surface area contributed by atoms with Crippen LogP contribution in [0.5, 0.6) is 0 Å². The third kappa shape index (κ3) is 1.53. The number of amides is 1. The van der Waals surface area contributed by atoms with Gasteiger partial charge in [0.25, 0.3) is 5.91 Å². The Morgan fingerprint density at radius 2 is 2.29 bits per heavy atom. The van der Waals surface area contributed by atoms with Crippen molar-refractivity contribution in [2.75, 3.05) is 20.1 Å². The maximum atomic E-state index is 11.8. The van der Waals surface area contributed by atoms with Gasteiger partial charge in [-0.15, -0.1) is 0 Å². The Bertz CT molecular complexity index is 342. The fourth-order valence-corrected chi connectivity index (χ4v) is 1.44. The number of carbonyl (C=O) groups is 1. The highest BCUT2D eigenvalue weighted by molar-refractivity contribution is 5.91. The number of furan rings is 1. The van der Waals surface area contributed by atoms with E-state index in [0.717, 1.165) is 18.8 Å². The number of nitrogens with one attached hydrogen (secondary N) is 1. The van der Waals surface area contributed by atoms with Gasteiger partial charge in [0.15, 0.2) is 5.76 Å². The van der Waals surface area contributed by atoms with E-state index in [9.17, 15) is 4.79 Å². The first-order valence-electron chi connectivity index (χ1n) is 4.73. The summed E-state index contributed by atoms with van der Waals surface area (Å²) in [6.45, 7) is 3.59. The highest BCUT2D eigenvalue weighted by atomic mass is 16.3. The molecule has 0 bridgehead atoms. The van der Waals surface area contributed by atoms with Gasteiger partial charge in [0.05, 0.1) is 6.04 Å². The molecule has 0 aromatic carbocycles. The Morgan fingerprint density at radius 3 is 2.71 bits per heavy atom. The predicted molar refractivity (Wildman–Crippen MR) is 52.2 cm³/mol. The largest absolute Gasteiger partial charge is 0.456 e. The second-order valence-electron chi connectivity index (χ2n) is 3.64. The Balaban J connectivity index is 2.07. The van der Waals surface area contributed by atoms with Crippen LogP contribution in [0.1, 0.15) is 16.3 Å². The first kappa shape index (κ1) is 9.27.